The molecule has 15 heteroatoms. The maximum atomic E-state index is 15.9. The number of likely N-dealkylation sites (tertiary alicyclic amines) is 2. The fourth-order valence-electron chi connectivity index (χ4n) is 10.5. The van der Waals surface area contributed by atoms with Crippen molar-refractivity contribution in [3.63, 3.8) is 0 Å². The number of unbranched alkanes of at least 4 members (excludes halogenated alkanes) is 2. The maximum Gasteiger partial charge on any atom is 0.240 e. The summed E-state index contributed by atoms with van der Waals surface area (Å²) in [5.41, 5.74) is 1.85. The summed E-state index contributed by atoms with van der Waals surface area (Å²) in [5.74, 6) is 0.0634. The molecule has 2 bridgehead atoms. The van der Waals surface area contributed by atoms with Crippen molar-refractivity contribution in [2.24, 2.45) is 11.3 Å². The van der Waals surface area contributed by atoms with E-state index in [0.717, 1.165) is 82.7 Å². The molecule has 3 atom stereocenters. The van der Waals surface area contributed by atoms with E-state index in [4.69, 9.17) is 9.47 Å². The number of carbonyl (C=O) groups is 4. The van der Waals surface area contributed by atoms with Gasteiger partial charge in [0, 0.05) is 74.2 Å². The number of halogens is 2. The molecule has 0 spiro atoms. The number of piperidine rings is 2. The zero-order valence-corrected chi connectivity index (χ0v) is 38.1. The van der Waals surface area contributed by atoms with Crippen LogP contribution in [0.4, 0.5) is 25.8 Å². The zero-order valence-electron chi connectivity index (χ0n) is 38.1. The largest absolute Gasteiger partial charge is 0.494 e. The third-order valence-electron chi connectivity index (χ3n) is 14.6. The molecule has 1 unspecified atom stereocenters. The van der Waals surface area contributed by atoms with Gasteiger partial charge in [-0.2, -0.15) is 0 Å². The molecule has 3 N–H and O–H groups in total. The third-order valence-corrected chi connectivity index (χ3v) is 14.6. The van der Waals surface area contributed by atoms with Crippen molar-refractivity contribution in [2.45, 2.75) is 82.2 Å². The van der Waals surface area contributed by atoms with E-state index in [1.807, 2.05) is 30.3 Å². The van der Waals surface area contributed by atoms with Gasteiger partial charge in [-0.3, -0.25) is 39.3 Å². The molecule has 5 fully saturated rings. The lowest BCUT2D eigenvalue weighted by atomic mass is 9.90. The van der Waals surface area contributed by atoms with Crippen LogP contribution in [0.2, 0.25) is 0 Å². The number of nitrogens with one attached hydrogen (secondary N) is 3. The van der Waals surface area contributed by atoms with Crippen molar-refractivity contribution in [2.75, 3.05) is 61.4 Å². The number of amides is 4. The van der Waals surface area contributed by atoms with E-state index in [1.165, 1.54) is 36.8 Å². The van der Waals surface area contributed by atoms with Crippen LogP contribution in [0.5, 0.6) is 17.2 Å². The summed E-state index contributed by atoms with van der Waals surface area (Å²) in [6.45, 7) is 6.72. The predicted molar refractivity (Wildman–Crippen MR) is 255 cm³/mol. The molecule has 4 aromatic carbocycles. The number of hydrogen-bond acceptors (Lipinski definition) is 10. The second-order valence-electron chi connectivity index (χ2n) is 19.2. The summed E-state index contributed by atoms with van der Waals surface area (Å²) < 4.78 is 41.4. The fourth-order valence-corrected chi connectivity index (χ4v) is 10.5. The Labute approximate surface area is 394 Å². The Bertz CT molecular complexity index is 2660. The summed E-state index contributed by atoms with van der Waals surface area (Å²) in [7, 11) is 0. The molecule has 4 aliphatic heterocycles. The molecule has 1 saturated carbocycles. The fraction of sp³-hybridized carbons (Fsp3) is 0.415. The van der Waals surface area contributed by atoms with E-state index in [2.05, 4.69) is 35.6 Å². The second-order valence-corrected chi connectivity index (χ2v) is 19.2. The van der Waals surface area contributed by atoms with Gasteiger partial charge in [0.2, 0.25) is 23.6 Å². The highest BCUT2D eigenvalue weighted by atomic mass is 19.1. The van der Waals surface area contributed by atoms with Gasteiger partial charge in [-0.1, -0.05) is 12.1 Å². The number of anilines is 3. The van der Waals surface area contributed by atoms with Crippen LogP contribution in [-0.2, 0) is 19.2 Å². The van der Waals surface area contributed by atoms with Gasteiger partial charge in [0.05, 0.1) is 23.7 Å². The highest BCUT2D eigenvalue weighted by molar-refractivity contribution is 6.17. The summed E-state index contributed by atoms with van der Waals surface area (Å²) in [5, 5.41) is 8.54. The SMILES string of the molecule is O=C1CCC(c2ccc(OCCCCCN3C[C@@H]4C[C@H]3CN4CC3CCN(c4cc5nccc(Oc6ccc(NC(=O)C7(C(=O)Nc8ccc(F)cc8)CC7)cc6)c5cc4F)CC3)cc2)C(=O)N1. The molecule has 0 radical (unpaired) electrons. The van der Waals surface area contributed by atoms with Gasteiger partial charge in [0.1, 0.15) is 34.3 Å². The number of nitrogens with zero attached hydrogens (tertiary/aromatic N) is 4. The molecule has 10 rings (SSSR count). The number of aromatic nitrogens is 1. The summed E-state index contributed by atoms with van der Waals surface area (Å²) in [6, 6.07) is 26.2. The number of piperazine rings is 1. The Balaban J connectivity index is 0.641. The number of carbonyl (C=O) groups excluding carboxylic acids is 4. The second kappa shape index (κ2) is 19.6. The Hall–Kier alpha value is -6.45. The average Bonchev–Trinajstić information content (AvgIpc) is 3.95. The van der Waals surface area contributed by atoms with E-state index < -0.39 is 23.0 Å². The van der Waals surface area contributed by atoms with Crippen LogP contribution in [0.15, 0.2) is 97.2 Å². The highest BCUT2D eigenvalue weighted by Crippen LogP contribution is 2.48. The molecular formula is C53H57F2N7O6. The van der Waals surface area contributed by atoms with Gasteiger partial charge in [0.25, 0.3) is 0 Å². The molecule has 4 saturated heterocycles. The van der Waals surface area contributed by atoms with Gasteiger partial charge in [0.15, 0.2) is 0 Å². The minimum Gasteiger partial charge on any atom is -0.494 e. The lowest BCUT2D eigenvalue weighted by molar-refractivity contribution is -0.134. The first-order chi connectivity index (χ1) is 33.1. The summed E-state index contributed by atoms with van der Waals surface area (Å²) in [4.78, 5) is 61.9. The Morgan fingerprint density at radius 2 is 1.46 bits per heavy atom. The van der Waals surface area contributed by atoms with Gasteiger partial charge >= 0.3 is 0 Å². The first kappa shape index (κ1) is 45.3. The van der Waals surface area contributed by atoms with Crippen LogP contribution in [0.3, 0.4) is 0 Å². The van der Waals surface area contributed by atoms with Crippen molar-refractivity contribution in [1.29, 1.82) is 0 Å². The van der Waals surface area contributed by atoms with Gasteiger partial charge in [-0.25, -0.2) is 8.78 Å². The van der Waals surface area contributed by atoms with Crippen molar-refractivity contribution >= 4 is 51.6 Å². The monoisotopic (exact) mass is 925 g/mol. The normalized spacial score (nSPS) is 21.4. The minimum absolute atomic E-state index is 0.202. The summed E-state index contributed by atoms with van der Waals surface area (Å²) in [6.07, 6.45) is 9.92. The predicted octanol–water partition coefficient (Wildman–Crippen LogP) is 8.41. The third kappa shape index (κ3) is 10.0. The first-order valence-electron chi connectivity index (χ1n) is 24.1. The van der Waals surface area contributed by atoms with Crippen molar-refractivity contribution in [3.05, 3.63) is 114 Å². The molecule has 68 heavy (non-hydrogen) atoms. The number of rotatable bonds is 17. The number of ether oxygens (including phenoxy) is 2. The Morgan fingerprint density at radius 1 is 0.779 bits per heavy atom. The van der Waals surface area contributed by atoms with Crippen LogP contribution in [0, 0.1) is 23.0 Å². The lowest BCUT2D eigenvalue weighted by Gasteiger charge is -2.39. The van der Waals surface area contributed by atoms with Crippen LogP contribution in [0.1, 0.15) is 75.7 Å². The van der Waals surface area contributed by atoms with Crippen molar-refractivity contribution in [3.8, 4) is 17.2 Å². The Morgan fingerprint density at radius 3 is 2.13 bits per heavy atom. The molecule has 13 nitrogen and oxygen atoms in total. The smallest absolute Gasteiger partial charge is 0.240 e. The van der Waals surface area contributed by atoms with Gasteiger partial charge < -0.3 is 25.0 Å². The van der Waals surface area contributed by atoms with E-state index in [9.17, 15) is 23.6 Å². The van der Waals surface area contributed by atoms with Crippen LogP contribution in [0.25, 0.3) is 10.9 Å². The molecule has 354 valence electrons. The minimum atomic E-state index is -1.18. The number of pyridine rings is 1. The lowest BCUT2D eigenvalue weighted by Crippen LogP contribution is -2.49. The van der Waals surface area contributed by atoms with Crippen molar-refractivity contribution < 1.29 is 37.4 Å². The van der Waals surface area contributed by atoms with E-state index >= 15 is 4.39 Å². The quantitative estimate of drug-likeness (QED) is 0.0473. The van der Waals surface area contributed by atoms with E-state index in [0.29, 0.717) is 89.8 Å². The zero-order chi connectivity index (χ0) is 46.8. The molecule has 1 aromatic heterocycles. The maximum absolute atomic E-state index is 15.9. The van der Waals surface area contributed by atoms with Gasteiger partial charge in [-0.05, 0) is 155 Å². The molecular weight excluding hydrogens is 869 g/mol. The van der Waals surface area contributed by atoms with Crippen LogP contribution in [-0.4, -0.2) is 96.4 Å². The molecule has 1 aliphatic carbocycles. The molecule has 4 amide bonds. The standard InChI is InChI=1S/C53H57F2N7O6/c54-36-6-8-37(9-7-36)57-51(65)53(21-22-53)52(66)58-38-10-14-42(15-11-38)68-48-18-23-56-46-30-47(45(55)29-44(46)48)60-25-19-34(20-26-60)31-62-33-39-28-40(62)32-61(39)24-2-1-3-27-67-41-12-4-35(5-13-41)43-16-17-49(63)59-50(43)64/h4-15,18,23,29-30,34,39-40,43H,1-3,16-17,19-22,24-28,31-33H2,(H,57,65)(H,58,66)(H,59,63,64)/t39-,40-,43?/m0/s1. The Kier molecular flexibility index (Phi) is 13.1. The van der Waals surface area contributed by atoms with Crippen LogP contribution >= 0.6 is 0 Å². The van der Waals surface area contributed by atoms with Crippen LogP contribution < -0.4 is 30.3 Å². The van der Waals surface area contributed by atoms with Crippen molar-refractivity contribution in [1.82, 2.24) is 20.1 Å². The topological polar surface area (TPSA) is 145 Å². The highest BCUT2D eigenvalue weighted by Gasteiger charge is 2.56. The number of imide groups is 1. The number of fused-ring (bicyclic) bond motifs is 3. The van der Waals surface area contributed by atoms with Gasteiger partial charge in [-0.15, -0.1) is 0 Å². The number of hydrogen-bond donors (Lipinski definition) is 3. The molecule has 5 heterocycles. The first-order valence-corrected chi connectivity index (χ1v) is 24.1. The average molecular weight is 926 g/mol. The van der Waals surface area contributed by atoms with E-state index in [-0.39, 0.29) is 23.5 Å². The molecule has 5 aromatic rings. The molecule has 5 aliphatic rings. The summed E-state index contributed by atoms with van der Waals surface area (Å²) >= 11 is 0. The number of benzene rings is 4. The van der Waals surface area contributed by atoms with E-state index in [1.54, 1.807) is 36.5 Å².